The maximum absolute atomic E-state index is 5.46. The van der Waals surface area contributed by atoms with E-state index < -0.39 is 0 Å². The summed E-state index contributed by atoms with van der Waals surface area (Å²) in [4.78, 5) is 11.1. The van der Waals surface area contributed by atoms with Crippen LogP contribution in [0.5, 0.6) is 0 Å². The monoisotopic (exact) mass is 221 g/mol. The molecule has 1 unspecified atom stereocenters. The molecule has 0 aliphatic carbocycles. The van der Waals surface area contributed by atoms with Crippen LogP contribution in [-0.2, 0) is 0 Å². The van der Waals surface area contributed by atoms with Gasteiger partial charge in [0.2, 0.25) is 0 Å². The van der Waals surface area contributed by atoms with E-state index in [4.69, 9.17) is 5.84 Å². The van der Waals surface area contributed by atoms with Gasteiger partial charge in [-0.3, -0.25) is 0 Å². The van der Waals surface area contributed by atoms with Crippen molar-refractivity contribution in [2.75, 3.05) is 23.4 Å². The third-order valence-corrected chi connectivity index (χ3v) is 3.09. The van der Waals surface area contributed by atoms with Gasteiger partial charge in [-0.2, -0.15) is 0 Å². The van der Waals surface area contributed by atoms with Gasteiger partial charge in [-0.05, 0) is 26.2 Å². The highest BCUT2D eigenvalue weighted by molar-refractivity contribution is 5.58. The van der Waals surface area contributed by atoms with Crippen LogP contribution in [0, 0.1) is 19.8 Å². The highest BCUT2D eigenvalue weighted by Crippen LogP contribution is 2.27. The first-order chi connectivity index (χ1) is 7.61. The molecule has 2 heterocycles. The Morgan fingerprint density at radius 2 is 2.12 bits per heavy atom. The molecule has 1 aliphatic rings. The van der Waals surface area contributed by atoms with Gasteiger partial charge < -0.3 is 10.3 Å². The van der Waals surface area contributed by atoms with Gasteiger partial charge in [-0.15, -0.1) is 0 Å². The summed E-state index contributed by atoms with van der Waals surface area (Å²) in [5.41, 5.74) is 3.66. The molecule has 88 valence electrons. The Hall–Kier alpha value is -1.36. The van der Waals surface area contributed by atoms with E-state index in [9.17, 15) is 0 Å². The summed E-state index contributed by atoms with van der Waals surface area (Å²) < 4.78 is 0. The summed E-state index contributed by atoms with van der Waals surface area (Å²) in [5, 5.41) is 0. The average Bonchev–Trinajstić information content (AvgIpc) is 2.67. The van der Waals surface area contributed by atoms with Gasteiger partial charge in [-0.1, -0.05) is 6.92 Å². The van der Waals surface area contributed by atoms with Crippen molar-refractivity contribution in [1.82, 2.24) is 9.97 Å². The molecule has 1 aliphatic heterocycles. The number of nitrogens with one attached hydrogen (secondary N) is 1. The van der Waals surface area contributed by atoms with E-state index >= 15 is 0 Å². The van der Waals surface area contributed by atoms with Crippen molar-refractivity contribution in [3.63, 3.8) is 0 Å². The first kappa shape index (κ1) is 11.1. The molecule has 0 spiro atoms. The van der Waals surface area contributed by atoms with Crippen LogP contribution in [0.1, 0.15) is 24.7 Å². The van der Waals surface area contributed by atoms with Gasteiger partial charge in [0.05, 0.1) is 0 Å². The first-order valence-electron chi connectivity index (χ1n) is 5.68. The molecule has 1 aromatic heterocycles. The van der Waals surface area contributed by atoms with Gasteiger partial charge in [0.25, 0.3) is 0 Å². The predicted molar refractivity (Wildman–Crippen MR) is 65.3 cm³/mol. The van der Waals surface area contributed by atoms with Crippen LogP contribution in [0.2, 0.25) is 0 Å². The predicted octanol–water partition coefficient (Wildman–Crippen LogP) is 1.23. The molecule has 0 amide bonds. The third-order valence-electron chi connectivity index (χ3n) is 3.09. The second kappa shape index (κ2) is 4.25. The number of nitrogen functional groups attached to an aromatic ring is 1. The Kier molecular flexibility index (Phi) is 2.96. The van der Waals surface area contributed by atoms with Crippen LogP contribution >= 0.6 is 0 Å². The zero-order valence-corrected chi connectivity index (χ0v) is 10.1. The number of rotatable bonds is 2. The molecule has 0 saturated carbocycles. The van der Waals surface area contributed by atoms with Crippen LogP contribution < -0.4 is 16.2 Å². The van der Waals surface area contributed by atoms with Crippen molar-refractivity contribution in [3.8, 4) is 0 Å². The van der Waals surface area contributed by atoms with Crippen LogP contribution in [0.4, 0.5) is 11.6 Å². The number of nitrogens with two attached hydrogens (primary N) is 1. The zero-order chi connectivity index (χ0) is 11.7. The minimum atomic E-state index is 0.724. The lowest BCUT2D eigenvalue weighted by molar-refractivity contribution is 0.658. The average molecular weight is 221 g/mol. The summed E-state index contributed by atoms with van der Waals surface area (Å²) in [6, 6.07) is 0. The molecule has 0 radical (unpaired) electrons. The number of hydrazine groups is 1. The lowest BCUT2D eigenvalue weighted by Crippen LogP contribution is -2.23. The molecule has 0 aromatic carbocycles. The number of hydrogen-bond acceptors (Lipinski definition) is 5. The summed E-state index contributed by atoms with van der Waals surface area (Å²) in [6.45, 7) is 8.31. The molecule has 16 heavy (non-hydrogen) atoms. The summed E-state index contributed by atoms with van der Waals surface area (Å²) >= 11 is 0. The van der Waals surface area contributed by atoms with Crippen molar-refractivity contribution < 1.29 is 0 Å². The maximum atomic E-state index is 5.46. The number of aromatic nitrogens is 2. The fourth-order valence-electron chi connectivity index (χ4n) is 2.19. The zero-order valence-electron chi connectivity index (χ0n) is 10.1. The largest absolute Gasteiger partial charge is 0.356 e. The van der Waals surface area contributed by atoms with E-state index in [1.165, 1.54) is 6.42 Å². The fourth-order valence-corrected chi connectivity index (χ4v) is 2.19. The van der Waals surface area contributed by atoms with E-state index in [2.05, 4.69) is 27.2 Å². The Morgan fingerprint density at radius 3 is 2.69 bits per heavy atom. The quantitative estimate of drug-likeness (QED) is 0.580. The van der Waals surface area contributed by atoms with Gasteiger partial charge in [0.15, 0.2) is 0 Å². The van der Waals surface area contributed by atoms with E-state index in [0.717, 1.165) is 42.0 Å². The Morgan fingerprint density at radius 1 is 1.38 bits per heavy atom. The molecule has 2 rings (SSSR count). The molecule has 5 heteroatoms. The van der Waals surface area contributed by atoms with Crippen molar-refractivity contribution in [2.24, 2.45) is 11.8 Å². The Bertz CT molecular complexity index is 390. The minimum absolute atomic E-state index is 0.724. The van der Waals surface area contributed by atoms with Crippen molar-refractivity contribution in [2.45, 2.75) is 27.2 Å². The molecule has 1 fully saturated rings. The number of aryl methyl sites for hydroxylation is 1. The molecule has 5 nitrogen and oxygen atoms in total. The number of hydrogen-bond donors (Lipinski definition) is 2. The molecule has 1 atom stereocenters. The van der Waals surface area contributed by atoms with Crippen LogP contribution in [-0.4, -0.2) is 23.1 Å². The van der Waals surface area contributed by atoms with Crippen molar-refractivity contribution >= 4 is 11.6 Å². The molecule has 1 aromatic rings. The first-order valence-corrected chi connectivity index (χ1v) is 5.68. The van der Waals surface area contributed by atoms with Gasteiger partial charge >= 0.3 is 0 Å². The van der Waals surface area contributed by atoms with Gasteiger partial charge in [0.1, 0.15) is 17.5 Å². The summed E-state index contributed by atoms with van der Waals surface area (Å²) in [7, 11) is 0. The second-order valence-electron chi connectivity index (χ2n) is 4.55. The Labute approximate surface area is 96.0 Å². The third kappa shape index (κ3) is 1.95. The Balaban J connectivity index is 2.36. The summed E-state index contributed by atoms with van der Waals surface area (Å²) in [6.07, 6.45) is 1.23. The van der Waals surface area contributed by atoms with E-state index in [0.29, 0.717) is 0 Å². The lowest BCUT2D eigenvalue weighted by Gasteiger charge is -2.20. The fraction of sp³-hybridized carbons (Fsp3) is 0.636. The van der Waals surface area contributed by atoms with E-state index in [1.54, 1.807) is 0 Å². The molecular weight excluding hydrogens is 202 g/mol. The van der Waals surface area contributed by atoms with E-state index in [1.807, 2.05) is 13.8 Å². The topological polar surface area (TPSA) is 67.1 Å². The van der Waals surface area contributed by atoms with E-state index in [-0.39, 0.29) is 0 Å². The molecule has 0 bridgehead atoms. The maximum Gasteiger partial charge on any atom is 0.148 e. The van der Waals surface area contributed by atoms with Crippen LogP contribution in [0.3, 0.4) is 0 Å². The minimum Gasteiger partial charge on any atom is -0.356 e. The molecule has 3 N–H and O–H groups in total. The van der Waals surface area contributed by atoms with Crippen LogP contribution in [0.25, 0.3) is 0 Å². The van der Waals surface area contributed by atoms with Crippen LogP contribution in [0.15, 0.2) is 0 Å². The normalized spacial score (nSPS) is 20.2. The second-order valence-corrected chi connectivity index (χ2v) is 4.55. The van der Waals surface area contributed by atoms with Crippen molar-refractivity contribution in [3.05, 3.63) is 11.4 Å². The lowest BCUT2D eigenvalue weighted by atomic mass is 10.2. The SMILES string of the molecule is Cc1nc(NN)c(C)c(N2CCC(C)C2)n1. The highest BCUT2D eigenvalue weighted by Gasteiger charge is 2.22. The highest BCUT2D eigenvalue weighted by atomic mass is 15.3. The molecular formula is C11H19N5. The van der Waals surface area contributed by atoms with Crippen molar-refractivity contribution in [1.29, 1.82) is 0 Å². The standard InChI is InChI=1S/C11H19N5/c1-7-4-5-16(6-7)11-8(2)10(15-12)13-9(3)14-11/h7H,4-6,12H2,1-3H3,(H,13,14,15). The van der Waals surface area contributed by atoms with Gasteiger partial charge in [-0.25, -0.2) is 15.8 Å². The number of anilines is 2. The molecule has 1 saturated heterocycles. The smallest absolute Gasteiger partial charge is 0.148 e. The number of nitrogens with zero attached hydrogens (tertiary/aromatic N) is 3. The summed E-state index contributed by atoms with van der Waals surface area (Å²) in [5.74, 6) is 8.70. The van der Waals surface area contributed by atoms with Gasteiger partial charge in [0, 0.05) is 18.7 Å².